The first-order chi connectivity index (χ1) is 12.8. The number of hydrogen-bond donors (Lipinski definition) is 2. The summed E-state index contributed by atoms with van der Waals surface area (Å²) >= 11 is 0. The Hall–Kier alpha value is -2.13. The van der Waals surface area contributed by atoms with Gasteiger partial charge in [-0.25, -0.2) is 4.79 Å². The number of aliphatic hydroxyl groups excluding tert-OH is 1. The highest BCUT2D eigenvalue weighted by Crippen LogP contribution is 2.23. The van der Waals surface area contributed by atoms with Gasteiger partial charge in [0.15, 0.2) is 5.69 Å². The number of nitrogens with zero attached hydrogens (tertiary/aromatic N) is 4. The van der Waals surface area contributed by atoms with Crippen LogP contribution in [0.25, 0.3) is 0 Å². The van der Waals surface area contributed by atoms with Crippen molar-refractivity contribution in [3.8, 4) is 0 Å². The van der Waals surface area contributed by atoms with E-state index in [-0.39, 0.29) is 18.6 Å². The topological polar surface area (TPSA) is 102 Å². The molecule has 0 radical (unpaired) electrons. The summed E-state index contributed by atoms with van der Waals surface area (Å²) in [6, 6.07) is 0. The molecule has 9 heteroatoms. The SMILES string of the molecule is CC(C)(C)OC(=O)N1CCc2[nH]nc(C(=O)N3CCN(CCO)CC3)c2C1. The van der Waals surface area contributed by atoms with Crippen LogP contribution in [0.1, 0.15) is 42.5 Å². The fraction of sp³-hybridized carbons (Fsp3) is 0.722. The second-order valence-electron chi connectivity index (χ2n) is 8.04. The fourth-order valence-electron chi connectivity index (χ4n) is 3.42. The summed E-state index contributed by atoms with van der Waals surface area (Å²) in [7, 11) is 0. The monoisotopic (exact) mass is 379 g/mol. The quantitative estimate of drug-likeness (QED) is 0.791. The summed E-state index contributed by atoms with van der Waals surface area (Å²) in [5.41, 5.74) is 1.54. The van der Waals surface area contributed by atoms with Crippen molar-refractivity contribution in [1.29, 1.82) is 0 Å². The lowest BCUT2D eigenvalue weighted by atomic mass is 10.0. The van der Waals surface area contributed by atoms with Crippen molar-refractivity contribution in [2.24, 2.45) is 0 Å². The molecule has 3 rings (SSSR count). The van der Waals surface area contributed by atoms with E-state index in [9.17, 15) is 9.59 Å². The first kappa shape index (κ1) is 19.6. The number of carbonyl (C=O) groups excluding carboxylic acids is 2. The average Bonchev–Trinajstić information content (AvgIpc) is 3.03. The molecule has 0 saturated carbocycles. The van der Waals surface area contributed by atoms with Gasteiger partial charge in [-0.05, 0) is 20.8 Å². The summed E-state index contributed by atoms with van der Waals surface area (Å²) in [5.74, 6) is -0.109. The Morgan fingerprint density at radius 3 is 2.48 bits per heavy atom. The molecule has 0 spiro atoms. The predicted octanol–water partition coefficient (Wildman–Crippen LogP) is 0.453. The number of amides is 2. The van der Waals surface area contributed by atoms with Crippen LogP contribution >= 0.6 is 0 Å². The fourth-order valence-corrected chi connectivity index (χ4v) is 3.42. The summed E-state index contributed by atoms with van der Waals surface area (Å²) in [6.07, 6.45) is 0.254. The molecule has 1 saturated heterocycles. The van der Waals surface area contributed by atoms with E-state index in [1.807, 2.05) is 20.8 Å². The van der Waals surface area contributed by atoms with Crippen LogP contribution in [-0.2, 0) is 17.7 Å². The zero-order valence-corrected chi connectivity index (χ0v) is 16.3. The van der Waals surface area contributed by atoms with Gasteiger partial charge in [-0.15, -0.1) is 0 Å². The van der Waals surface area contributed by atoms with Crippen LogP contribution in [0.5, 0.6) is 0 Å². The lowest BCUT2D eigenvalue weighted by Crippen LogP contribution is -2.49. The summed E-state index contributed by atoms with van der Waals surface area (Å²) < 4.78 is 5.46. The zero-order chi connectivity index (χ0) is 19.6. The van der Waals surface area contributed by atoms with E-state index in [0.717, 1.165) is 24.3 Å². The van der Waals surface area contributed by atoms with Crippen molar-refractivity contribution >= 4 is 12.0 Å². The molecule has 3 heterocycles. The van der Waals surface area contributed by atoms with Crippen LogP contribution in [0.3, 0.4) is 0 Å². The highest BCUT2D eigenvalue weighted by Gasteiger charge is 2.32. The first-order valence-electron chi connectivity index (χ1n) is 9.45. The minimum Gasteiger partial charge on any atom is -0.444 e. The van der Waals surface area contributed by atoms with E-state index in [2.05, 4.69) is 15.1 Å². The van der Waals surface area contributed by atoms with Crippen LogP contribution in [0.4, 0.5) is 4.79 Å². The minimum absolute atomic E-state index is 0.109. The average molecular weight is 379 g/mol. The van der Waals surface area contributed by atoms with Gasteiger partial charge >= 0.3 is 6.09 Å². The normalized spacial score (nSPS) is 18.4. The molecule has 2 aliphatic heterocycles. The van der Waals surface area contributed by atoms with Crippen molar-refractivity contribution in [2.45, 2.75) is 39.3 Å². The van der Waals surface area contributed by atoms with Crippen molar-refractivity contribution in [1.82, 2.24) is 24.9 Å². The van der Waals surface area contributed by atoms with Crippen molar-refractivity contribution in [3.63, 3.8) is 0 Å². The van der Waals surface area contributed by atoms with E-state index in [1.54, 1.807) is 9.80 Å². The molecule has 0 bridgehead atoms. The number of rotatable bonds is 3. The smallest absolute Gasteiger partial charge is 0.410 e. The first-order valence-corrected chi connectivity index (χ1v) is 9.45. The third kappa shape index (κ3) is 4.59. The molecule has 0 aromatic carbocycles. The van der Waals surface area contributed by atoms with Gasteiger partial charge in [-0.2, -0.15) is 5.10 Å². The lowest BCUT2D eigenvalue weighted by molar-refractivity contribution is 0.0221. The summed E-state index contributed by atoms with van der Waals surface area (Å²) in [5, 5.41) is 16.2. The predicted molar refractivity (Wildman–Crippen MR) is 98.4 cm³/mol. The van der Waals surface area contributed by atoms with Gasteiger partial charge in [0.25, 0.3) is 5.91 Å². The maximum absolute atomic E-state index is 12.9. The van der Waals surface area contributed by atoms with Crippen LogP contribution in [-0.4, -0.2) is 93.5 Å². The zero-order valence-electron chi connectivity index (χ0n) is 16.3. The van der Waals surface area contributed by atoms with Gasteiger partial charge in [-0.3, -0.25) is 14.8 Å². The molecule has 0 aliphatic carbocycles. The molecular weight excluding hydrogens is 350 g/mol. The van der Waals surface area contributed by atoms with Gasteiger partial charge in [0.1, 0.15) is 5.60 Å². The van der Waals surface area contributed by atoms with Crippen molar-refractivity contribution < 1.29 is 19.4 Å². The van der Waals surface area contributed by atoms with E-state index in [4.69, 9.17) is 9.84 Å². The van der Waals surface area contributed by atoms with Gasteiger partial charge in [0, 0.05) is 56.9 Å². The number of aromatic amines is 1. The third-order valence-corrected chi connectivity index (χ3v) is 4.86. The molecule has 1 aromatic rings. The Bertz CT molecular complexity index is 688. The summed E-state index contributed by atoms with van der Waals surface area (Å²) in [6.45, 7) is 9.82. The second kappa shape index (κ2) is 7.85. The molecule has 0 atom stereocenters. The van der Waals surface area contributed by atoms with Gasteiger partial charge < -0.3 is 19.6 Å². The Morgan fingerprint density at radius 1 is 1.15 bits per heavy atom. The number of H-pyrrole nitrogens is 1. The van der Waals surface area contributed by atoms with E-state index in [1.165, 1.54) is 0 Å². The Kier molecular flexibility index (Phi) is 5.71. The lowest BCUT2D eigenvalue weighted by Gasteiger charge is -2.34. The summed E-state index contributed by atoms with van der Waals surface area (Å²) in [4.78, 5) is 30.9. The molecule has 1 aromatic heterocycles. The maximum atomic E-state index is 12.9. The number of ether oxygens (including phenoxy) is 1. The molecule has 2 amide bonds. The van der Waals surface area contributed by atoms with Gasteiger partial charge in [0.05, 0.1) is 13.2 Å². The number of piperazine rings is 1. The number of fused-ring (bicyclic) bond motifs is 1. The molecule has 9 nitrogen and oxygen atoms in total. The highest BCUT2D eigenvalue weighted by molar-refractivity contribution is 5.94. The largest absolute Gasteiger partial charge is 0.444 e. The number of carbonyl (C=O) groups is 2. The Labute approximate surface area is 159 Å². The molecular formula is C18H29N5O4. The van der Waals surface area contributed by atoms with Gasteiger partial charge in [-0.1, -0.05) is 0 Å². The van der Waals surface area contributed by atoms with E-state index in [0.29, 0.717) is 44.8 Å². The molecule has 0 unspecified atom stereocenters. The third-order valence-electron chi connectivity index (χ3n) is 4.86. The van der Waals surface area contributed by atoms with Crippen LogP contribution in [0.2, 0.25) is 0 Å². The van der Waals surface area contributed by atoms with Gasteiger partial charge in [0.2, 0.25) is 0 Å². The minimum atomic E-state index is -0.555. The number of aliphatic hydroxyl groups is 1. The molecule has 1 fully saturated rings. The molecule has 2 aliphatic rings. The van der Waals surface area contributed by atoms with Crippen LogP contribution in [0.15, 0.2) is 0 Å². The van der Waals surface area contributed by atoms with Crippen LogP contribution < -0.4 is 0 Å². The highest BCUT2D eigenvalue weighted by atomic mass is 16.6. The second-order valence-corrected chi connectivity index (χ2v) is 8.04. The number of β-amino-alcohol motifs (C(OH)–C–C–N with tert-alkyl or cyclic N) is 1. The number of hydrogen-bond acceptors (Lipinski definition) is 6. The van der Waals surface area contributed by atoms with Crippen molar-refractivity contribution in [3.05, 3.63) is 17.0 Å². The standard InChI is InChI=1S/C18H29N5O4/c1-18(2,3)27-17(26)23-5-4-14-13(12-23)15(20-19-14)16(25)22-8-6-21(7-9-22)10-11-24/h24H,4-12H2,1-3H3,(H,19,20). The van der Waals surface area contributed by atoms with Crippen LogP contribution in [0, 0.1) is 0 Å². The maximum Gasteiger partial charge on any atom is 0.410 e. The van der Waals surface area contributed by atoms with E-state index >= 15 is 0 Å². The van der Waals surface area contributed by atoms with Crippen molar-refractivity contribution in [2.75, 3.05) is 45.9 Å². The molecule has 27 heavy (non-hydrogen) atoms. The van der Waals surface area contributed by atoms with E-state index < -0.39 is 5.60 Å². The molecule has 2 N–H and O–H groups in total. The Morgan fingerprint density at radius 2 is 1.85 bits per heavy atom. The Balaban J connectivity index is 1.67. The number of nitrogens with one attached hydrogen (secondary N) is 1. The number of aromatic nitrogens is 2. The molecule has 150 valence electrons.